The number of nitrogens with zero attached hydrogens (tertiary/aromatic N) is 2. The molecule has 2 N–H and O–H groups in total. The summed E-state index contributed by atoms with van der Waals surface area (Å²) in [6.45, 7) is 19.8. The minimum Gasteiger partial charge on any atom is -3.00 e. The molecule has 0 aliphatic heterocycles. The molecule has 4 nitrogen and oxygen atoms in total. The molecule has 0 unspecified atom stereocenters. The van der Waals surface area contributed by atoms with Crippen LogP contribution in [0.15, 0.2) is 158 Å². The molecule has 0 radical (unpaired) electrons. The second kappa shape index (κ2) is 19.1. The van der Waals surface area contributed by atoms with Crippen molar-refractivity contribution in [2.24, 2.45) is 10.8 Å². The van der Waals surface area contributed by atoms with Crippen LogP contribution in [0.2, 0.25) is 0 Å². The maximum atomic E-state index is 9.60. The van der Waals surface area contributed by atoms with Gasteiger partial charge < -0.3 is 35.2 Å². The van der Waals surface area contributed by atoms with Gasteiger partial charge in [0.25, 0.3) is 0 Å². The van der Waals surface area contributed by atoms with Crippen molar-refractivity contribution in [1.29, 1.82) is 0 Å². The fraction of sp³-hybridized carbons (Fsp3) is 0.197. The van der Waals surface area contributed by atoms with E-state index in [1.54, 1.807) is 0 Å². The molecule has 10 rings (SSSR count). The standard InChI is InChI=1S/C29H20N.C21H16N.C11H20O2.Ir/c1-18-15-19(2)17-21(16-18)29-28-12-11-25-24-8-7-20-5-3-4-6-22(20)23(24)9-10-26(25)27(28)13-14-30-29;1-14-11-15(2)13-17(12-14)21-20-8-7-16-5-3-4-6-18(16)19(20)9-10-22-21;1-10(2,3)8(12)7-9(13)11(4,5)6;/h3-16H,1-2H3;3-12H,1-2H3;7,12H,1-6H3;/q2*-1;;-3/p+1/b;;8-7-;. The van der Waals surface area contributed by atoms with Crippen molar-refractivity contribution in [2.45, 2.75) is 69.2 Å². The first-order valence-corrected chi connectivity index (χ1v) is 22.3. The number of aliphatic hydroxyl groups excluding tert-OH is 1. The Morgan fingerprint density at radius 2 is 0.833 bits per heavy atom. The van der Waals surface area contributed by atoms with Gasteiger partial charge in [-0.05, 0) is 109 Å². The van der Waals surface area contributed by atoms with Gasteiger partial charge >= 0.3 is 5.78 Å². The number of allylic oxidation sites excluding steroid dienone is 2. The van der Waals surface area contributed by atoms with Gasteiger partial charge in [-0.3, -0.25) is 4.79 Å². The van der Waals surface area contributed by atoms with Gasteiger partial charge in [0.1, 0.15) is 5.76 Å². The molecule has 0 fully saturated rings. The molecule has 0 amide bonds. The van der Waals surface area contributed by atoms with Crippen LogP contribution >= 0.6 is 0 Å². The first-order valence-electron chi connectivity index (χ1n) is 22.3. The normalized spacial score (nSPS) is 11.9. The Kier molecular flexibility index (Phi) is 13.8. The molecule has 0 saturated carbocycles. The summed E-state index contributed by atoms with van der Waals surface area (Å²) in [4.78, 5) is 19.0. The molecule has 2 heterocycles. The zero-order chi connectivity index (χ0) is 46.2. The van der Waals surface area contributed by atoms with Crippen LogP contribution in [0.25, 0.3) is 87.1 Å². The van der Waals surface area contributed by atoms with Crippen molar-refractivity contribution >= 4 is 70.4 Å². The number of ketones is 1. The van der Waals surface area contributed by atoms with E-state index in [-0.39, 0.29) is 42.5 Å². The molecule has 0 bridgehead atoms. The second-order valence-electron chi connectivity index (χ2n) is 19.3. The van der Waals surface area contributed by atoms with Gasteiger partial charge in [0.15, 0.2) is 0 Å². The summed E-state index contributed by atoms with van der Waals surface area (Å²) < 4.78 is 0. The molecule has 5 heteroatoms. The smallest absolute Gasteiger partial charge is 0.325 e. The van der Waals surface area contributed by atoms with Crippen LogP contribution in [-0.2, 0) is 20.1 Å². The number of benzene rings is 8. The number of fused-ring (bicyclic) bond motifs is 10. The average Bonchev–Trinajstić information content (AvgIpc) is 3.27. The average molecular weight is 1040 g/mol. The van der Waals surface area contributed by atoms with E-state index in [0.29, 0.717) is 0 Å². The predicted octanol–water partition coefficient (Wildman–Crippen LogP) is 16.3. The van der Waals surface area contributed by atoms with Gasteiger partial charge in [-0.1, -0.05) is 146 Å². The van der Waals surface area contributed by atoms with E-state index in [9.17, 15) is 9.90 Å². The minimum atomic E-state index is -0.306. The number of aryl methyl sites for hydroxylation is 4. The summed E-state index contributed by atoms with van der Waals surface area (Å²) >= 11 is 0. The number of pyridine rings is 2. The van der Waals surface area contributed by atoms with E-state index in [4.69, 9.17) is 4.98 Å². The maximum absolute atomic E-state index is 9.60. The molecule has 8 aromatic carbocycles. The van der Waals surface area contributed by atoms with E-state index in [1.807, 2.05) is 53.9 Å². The summed E-state index contributed by atoms with van der Waals surface area (Å²) in [7, 11) is 0. The van der Waals surface area contributed by atoms with E-state index < -0.39 is 0 Å². The topological polar surface area (TPSA) is 67.4 Å². The van der Waals surface area contributed by atoms with Gasteiger partial charge in [0.2, 0.25) is 0 Å². The van der Waals surface area contributed by atoms with Gasteiger partial charge in [-0.2, -0.15) is 0 Å². The summed E-state index contributed by atoms with van der Waals surface area (Å²) in [6.07, 6.45) is 5.27. The molecule has 336 valence electrons. The molecule has 66 heavy (non-hydrogen) atoms. The Balaban J connectivity index is 0.000000159. The van der Waals surface area contributed by atoms with Crippen LogP contribution in [0.3, 0.4) is 0 Å². The van der Waals surface area contributed by atoms with Gasteiger partial charge in [0.05, 0.1) is 11.5 Å². The maximum Gasteiger partial charge on any atom is 0.325 e. The summed E-state index contributed by atoms with van der Waals surface area (Å²) in [6, 6.07) is 54.7. The summed E-state index contributed by atoms with van der Waals surface area (Å²) in [5.74, 6) is 0.417. The fourth-order valence-electron chi connectivity index (χ4n) is 8.54. The summed E-state index contributed by atoms with van der Waals surface area (Å²) in [5.41, 5.74) is 8.29. The quantitative estimate of drug-likeness (QED) is 0.0630. The van der Waals surface area contributed by atoms with Crippen LogP contribution in [0.1, 0.15) is 63.8 Å². The SMILES string of the molecule is CC(C)(C)C(=[OH+])/C=C(\O)C(C)(C)C.Cc1[c-]c(-c2nccc3c2ccc2c3ccc3c4ccccc4ccc32)cc(C)c1.Cc1[c-]c(-c2nccc3c2ccc2ccccc23)cc(C)c1.[Ir-3]. The first-order chi connectivity index (χ1) is 31.0. The number of aromatic nitrogens is 2. The summed E-state index contributed by atoms with van der Waals surface area (Å²) in [5, 5.41) is 24.7. The number of carbonyl (C=O) groups excluding carboxylic acids is 1. The largest absolute Gasteiger partial charge is 3.00 e. The van der Waals surface area contributed by atoms with Crippen LogP contribution in [0.5, 0.6) is 0 Å². The Bertz CT molecular complexity index is 3440. The Morgan fingerprint density at radius 3 is 1.26 bits per heavy atom. The van der Waals surface area contributed by atoms with E-state index >= 15 is 0 Å². The van der Waals surface area contributed by atoms with Crippen LogP contribution in [-0.4, -0.2) is 25.7 Å². The third kappa shape index (κ3) is 9.99. The first kappa shape index (κ1) is 47.4. The van der Waals surface area contributed by atoms with E-state index in [0.717, 1.165) is 33.6 Å². The van der Waals surface area contributed by atoms with Crippen molar-refractivity contribution in [2.75, 3.05) is 0 Å². The van der Waals surface area contributed by atoms with Crippen LogP contribution in [0.4, 0.5) is 0 Å². The molecule has 0 saturated heterocycles. The number of aliphatic hydroxyl groups is 1. The molecule has 2 aromatic heterocycles. The van der Waals surface area contributed by atoms with Crippen molar-refractivity contribution in [3.05, 3.63) is 192 Å². The Labute approximate surface area is 402 Å². The molecular formula is C61H57IrN2O2-4. The van der Waals surface area contributed by atoms with Crippen molar-refractivity contribution in [3.63, 3.8) is 0 Å². The zero-order valence-corrected chi connectivity index (χ0v) is 42.0. The van der Waals surface area contributed by atoms with Crippen LogP contribution in [0, 0.1) is 50.7 Å². The predicted molar refractivity (Wildman–Crippen MR) is 278 cm³/mol. The van der Waals surface area contributed by atoms with Gasteiger partial charge in [0, 0.05) is 17.8 Å². The van der Waals surface area contributed by atoms with E-state index in [2.05, 4.69) is 178 Å². The zero-order valence-electron chi connectivity index (χ0n) is 39.6. The fourth-order valence-corrected chi connectivity index (χ4v) is 8.54. The molecule has 0 atom stereocenters. The number of hydrogen-bond donors (Lipinski definition) is 1. The third-order valence-corrected chi connectivity index (χ3v) is 12.0. The van der Waals surface area contributed by atoms with Crippen molar-refractivity contribution in [3.8, 4) is 22.5 Å². The van der Waals surface area contributed by atoms with Crippen LogP contribution < -0.4 is 0 Å². The van der Waals surface area contributed by atoms with Crippen molar-refractivity contribution < 1.29 is 30.0 Å². The van der Waals surface area contributed by atoms with E-state index in [1.165, 1.54) is 81.8 Å². The molecular weight excluding hydrogens is 985 g/mol. The second-order valence-corrected chi connectivity index (χ2v) is 19.3. The monoisotopic (exact) mass is 1040 g/mol. The molecule has 0 aliphatic carbocycles. The number of rotatable bonds is 3. The van der Waals surface area contributed by atoms with Crippen molar-refractivity contribution in [1.82, 2.24) is 9.97 Å². The van der Waals surface area contributed by atoms with Gasteiger partial charge in [-0.15, -0.1) is 69.8 Å². The Hall–Kier alpha value is -6.52. The Morgan fingerprint density at radius 1 is 0.470 bits per heavy atom. The number of hydrogen-bond acceptors (Lipinski definition) is 3. The molecule has 10 aromatic rings. The van der Waals surface area contributed by atoms with Gasteiger partial charge in [-0.25, -0.2) is 0 Å². The molecule has 0 aliphatic rings. The minimum absolute atomic E-state index is 0. The molecule has 0 spiro atoms. The third-order valence-electron chi connectivity index (χ3n) is 12.0.